The Morgan fingerprint density at radius 3 is 2.23 bits per heavy atom. The zero-order chi connectivity index (χ0) is 15.4. The van der Waals surface area contributed by atoms with Gasteiger partial charge in [-0.05, 0) is 46.4 Å². The van der Waals surface area contributed by atoms with Gasteiger partial charge in [0.15, 0.2) is 5.78 Å². The molecule has 0 aliphatic carbocycles. The summed E-state index contributed by atoms with van der Waals surface area (Å²) in [4.78, 5) is 17.5. The Bertz CT molecular complexity index is 732. The van der Waals surface area contributed by atoms with Gasteiger partial charge in [-0.1, -0.05) is 54.6 Å². The fourth-order valence-electron chi connectivity index (χ4n) is 2.47. The summed E-state index contributed by atoms with van der Waals surface area (Å²) >= 11 is 2.21. The Hall–Kier alpha value is -2.01. The van der Waals surface area contributed by atoms with E-state index >= 15 is 0 Å². The summed E-state index contributed by atoms with van der Waals surface area (Å²) in [6.07, 6.45) is 1.73. The van der Waals surface area contributed by atoms with Crippen molar-refractivity contribution in [1.29, 1.82) is 0 Å². The Kier molecular flexibility index (Phi) is 4.63. The second kappa shape index (κ2) is 6.83. The molecule has 0 saturated carbocycles. The van der Waals surface area contributed by atoms with E-state index in [0.29, 0.717) is 0 Å². The number of ketones is 1. The third-order valence-electron chi connectivity index (χ3n) is 3.52. The second-order valence-electron chi connectivity index (χ2n) is 4.94. The smallest absolute Gasteiger partial charge is 0.177 e. The highest BCUT2D eigenvalue weighted by Crippen LogP contribution is 2.28. The molecule has 0 bridgehead atoms. The van der Waals surface area contributed by atoms with Crippen molar-refractivity contribution in [2.45, 2.75) is 5.92 Å². The van der Waals surface area contributed by atoms with Crippen LogP contribution in [0.5, 0.6) is 0 Å². The van der Waals surface area contributed by atoms with Crippen molar-refractivity contribution in [3.63, 3.8) is 0 Å². The lowest BCUT2D eigenvalue weighted by atomic mass is 9.87. The average Bonchev–Trinajstić information content (AvgIpc) is 2.57. The minimum Gasteiger partial charge on any atom is -0.293 e. The molecule has 108 valence electrons. The van der Waals surface area contributed by atoms with Gasteiger partial charge in [0.05, 0.1) is 11.6 Å². The number of Topliss-reactive ketones (excluding diaryl/α,β-unsaturated/α-hetero) is 1. The molecular formula is C19H14INO. The summed E-state index contributed by atoms with van der Waals surface area (Å²) in [5.74, 6) is -0.298. The van der Waals surface area contributed by atoms with Crippen LogP contribution in [0.3, 0.4) is 0 Å². The zero-order valence-electron chi connectivity index (χ0n) is 11.8. The summed E-state index contributed by atoms with van der Waals surface area (Å²) in [6, 6.07) is 23.2. The highest BCUT2D eigenvalue weighted by Gasteiger charge is 2.26. The van der Waals surface area contributed by atoms with Gasteiger partial charge in [-0.3, -0.25) is 9.78 Å². The first-order chi connectivity index (χ1) is 10.8. The normalized spacial score (nSPS) is 11.9. The number of halogens is 1. The molecule has 1 heterocycles. The van der Waals surface area contributed by atoms with Gasteiger partial charge in [0.2, 0.25) is 0 Å². The van der Waals surface area contributed by atoms with Crippen LogP contribution in [0, 0.1) is 3.57 Å². The molecule has 0 N–H and O–H groups in total. The van der Waals surface area contributed by atoms with Crippen LogP contribution in [0.25, 0.3) is 0 Å². The summed E-state index contributed by atoms with van der Waals surface area (Å²) in [5.41, 5.74) is 2.48. The summed E-state index contributed by atoms with van der Waals surface area (Å²) in [6.45, 7) is 0. The van der Waals surface area contributed by atoms with Gasteiger partial charge in [0.1, 0.15) is 0 Å². The number of benzene rings is 2. The van der Waals surface area contributed by atoms with Crippen LogP contribution in [0.2, 0.25) is 0 Å². The molecule has 1 aromatic heterocycles. The number of hydrogen-bond donors (Lipinski definition) is 0. The topological polar surface area (TPSA) is 30.0 Å². The highest BCUT2D eigenvalue weighted by atomic mass is 127. The quantitative estimate of drug-likeness (QED) is 0.470. The van der Waals surface area contributed by atoms with E-state index in [9.17, 15) is 4.79 Å². The first-order valence-electron chi connectivity index (χ1n) is 7.02. The minimum atomic E-state index is -0.377. The van der Waals surface area contributed by atoms with Crippen LogP contribution in [0.4, 0.5) is 0 Å². The zero-order valence-corrected chi connectivity index (χ0v) is 14.0. The molecule has 3 aromatic rings. The predicted molar refractivity (Wildman–Crippen MR) is 96.0 cm³/mol. The summed E-state index contributed by atoms with van der Waals surface area (Å²) < 4.78 is 0.960. The van der Waals surface area contributed by atoms with Gasteiger partial charge >= 0.3 is 0 Å². The molecule has 0 saturated heterocycles. The van der Waals surface area contributed by atoms with Crippen LogP contribution < -0.4 is 0 Å². The summed E-state index contributed by atoms with van der Waals surface area (Å²) in [5, 5.41) is 0. The van der Waals surface area contributed by atoms with Crippen LogP contribution >= 0.6 is 22.6 Å². The third kappa shape index (κ3) is 3.09. The van der Waals surface area contributed by atoms with Crippen molar-refractivity contribution in [3.05, 3.63) is 99.4 Å². The van der Waals surface area contributed by atoms with E-state index < -0.39 is 0 Å². The van der Waals surface area contributed by atoms with E-state index in [2.05, 4.69) is 27.6 Å². The number of carbonyl (C=O) groups excluding carboxylic acids is 1. The van der Waals surface area contributed by atoms with E-state index in [1.165, 1.54) is 0 Å². The molecule has 0 spiro atoms. The molecule has 0 radical (unpaired) electrons. The molecule has 22 heavy (non-hydrogen) atoms. The summed E-state index contributed by atoms with van der Waals surface area (Å²) in [7, 11) is 0. The molecule has 1 atom stereocenters. The van der Waals surface area contributed by atoms with Gasteiger partial charge in [0, 0.05) is 15.3 Å². The lowest BCUT2D eigenvalue weighted by molar-refractivity contribution is 0.0971. The molecule has 0 amide bonds. The molecule has 0 unspecified atom stereocenters. The Morgan fingerprint density at radius 2 is 1.55 bits per heavy atom. The van der Waals surface area contributed by atoms with Crippen LogP contribution in [-0.4, -0.2) is 10.8 Å². The number of nitrogens with zero attached hydrogens (tertiary/aromatic N) is 1. The standard InChI is InChI=1S/C19H14INO/c20-16-11-5-4-10-15(16)19(22)18(14-8-2-1-3-9-14)17-12-6-7-13-21-17/h1-13,18H/t18-/m0/s1. The lowest BCUT2D eigenvalue weighted by Gasteiger charge is -2.16. The number of pyridine rings is 1. The van der Waals surface area contributed by atoms with Crippen molar-refractivity contribution in [2.75, 3.05) is 0 Å². The Balaban J connectivity index is 2.11. The molecule has 2 aromatic carbocycles. The van der Waals surface area contributed by atoms with Gasteiger partial charge in [-0.25, -0.2) is 0 Å². The minimum absolute atomic E-state index is 0.0786. The SMILES string of the molecule is O=C(c1ccccc1I)[C@@H](c1ccccc1)c1ccccn1. The number of rotatable bonds is 4. The van der Waals surface area contributed by atoms with Gasteiger partial charge in [0.25, 0.3) is 0 Å². The van der Waals surface area contributed by atoms with Crippen molar-refractivity contribution in [3.8, 4) is 0 Å². The molecule has 0 fully saturated rings. The maximum absolute atomic E-state index is 13.1. The van der Waals surface area contributed by atoms with Gasteiger partial charge in [-0.2, -0.15) is 0 Å². The molecule has 0 aliphatic heterocycles. The first-order valence-corrected chi connectivity index (χ1v) is 8.10. The van der Waals surface area contributed by atoms with Crippen molar-refractivity contribution >= 4 is 28.4 Å². The van der Waals surface area contributed by atoms with Crippen LogP contribution in [0.15, 0.2) is 79.0 Å². The Morgan fingerprint density at radius 1 is 0.864 bits per heavy atom. The highest BCUT2D eigenvalue weighted by molar-refractivity contribution is 14.1. The fourth-order valence-corrected chi connectivity index (χ4v) is 3.12. The molecular weight excluding hydrogens is 385 g/mol. The van der Waals surface area contributed by atoms with Crippen LogP contribution in [0.1, 0.15) is 27.5 Å². The maximum Gasteiger partial charge on any atom is 0.177 e. The van der Waals surface area contributed by atoms with Crippen molar-refractivity contribution in [2.24, 2.45) is 0 Å². The molecule has 0 aliphatic rings. The monoisotopic (exact) mass is 399 g/mol. The van der Waals surface area contributed by atoms with Crippen LogP contribution in [-0.2, 0) is 0 Å². The van der Waals surface area contributed by atoms with Gasteiger partial charge < -0.3 is 0 Å². The molecule has 3 heteroatoms. The Labute approximate surface area is 143 Å². The van der Waals surface area contributed by atoms with E-state index in [1.807, 2.05) is 72.8 Å². The number of aromatic nitrogens is 1. The molecule has 2 nitrogen and oxygen atoms in total. The number of hydrogen-bond acceptors (Lipinski definition) is 2. The van der Waals surface area contributed by atoms with E-state index in [1.54, 1.807) is 6.20 Å². The third-order valence-corrected chi connectivity index (χ3v) is 4.46. The van der Waals surface area contributed by atoms with E-state index in [4.69, 9.17) is 0 Å². The van der Waals surface area contributed by atoms with Gasteiger partial charge in [-0.15, -0.1) is 0 Å². The van der Waals surface area contributed by atoms with Crippen molar-refractivity contribution in [1.82, 2.24) is 4.98 Å². The van der Waals surface area contributed by atoms with E-state index in [0.717, 1.165) is 20.4 Å². The maximum atomic E-state index is 13.1. The number of carbonyl (C=O) groups is 1. The average molecular weight is 399 g/mol. The predicted octanol–water partition coefficient (Wildman–Crippen LogP) is 4.70. The largest absolute Gasteiger partial charge is 0.293 e. The second-order valence-corrected chi connectivity index (χ2v) is 6.10. The van der Waals surface area contributed by atoms with E-state index in [-0.39, 0.29) is 11.7 Å². The molecule has 3 rings (SSSR count). The first kappa shape index (κ1) is 14.9. The lowest BCUT2D eigenvalue weighted by Crippen LogP contribution is -2.16. The fraction of sp³-hybridized carbons (Fsp3) is 0.0526. The van der Waals surface area contributed by atoms with Crippen molar-refractivity contribution < 1.29 is 4.79 Å².